The van der Waals surface area contributed by atoms with Crippen molar-refractivity contribution in [3.8, 4) is 5.75 Å². The fourth-order valence-electron chi connectivity index (χ4n) is 2.44. The number of benzene rings is 1. The molecule has 5 nitrogen and oxygen atoms in total. The van der Waals surface area contributed by atoms with Crippen molar-refractivity contribution in [1.82, 2.24) is 15.2 Å². The van der Waals surface area contributed by atoms with E-state index in [-0.39, 0.29) is 35.5 Å². The molecule has 26 heavy (non-hydrogen) atoms. The predicted octanol–water partition coefficient (Wildman–Crippen LogP) is 3.65. The van der Waals surface area contributed by atoms with Gasteiger partial charge in [0.15, 0.2) is 17.5 Å². The Hall–Kier alpha value is -1.42. The summed E-state index contributed by atoms with van der Waals surface area (Å²) in [5, 5.41) is 4.44. The summed E-state index contributed by atoms with van der Waals surface area (Å²) < 4.78 is 19.0. The van der Waals surface area contributed by atoms with Crippen LogP contribution in [0.4, 0.5) is 4.39 Å². The molecular formula is C18H26FIN4OS. The van der Waals surface area contributed by atoms with E-state index in [2.05, 4.69) is 15.3 Å². The van der Waals surface area contributed by atoms with Gasteiger partial charge in [-0.1, -0.05) is 12.1 Å². The fraction of sp³-hybridized carbons (Fsp3) is 0.444. The van der Waals surface area contributed by atoms with E-state index in [1.165, 1.54) is 10.9 Å². The molecule has 144 valence electrons. The van der Waals surface area contributed by atoms with Gasteiger partial charge in [-0.15, -0.1) is 35.3 Å². The molecule has 2 rings (SSSR count). The lowest BCUT2D eigenvalue weighted by atomic mass is 10.3. The standard InChI is InChI=1S/C18H25FN4OS.HI/c1-13-17(25-14(2)22-13)9-10-21-18(20-3)23(4)11-12-24-16-8-6-5-7-15(16)19;/h5-8H,9-12H2,1-4H3,(H,20,21);1H. The van der Waals surface area contributed by atoms with Crippen molar-refractivity contribution >= 4 is 41.3 Å². The van der Waals surface area contributed by atoms with Crippen molar-refractivity contribution in [3.63, 3.8) is 0 Å². The Kier molecular flexibility index (Phi) is 9.85. The van der Waals surface area contributed by atoms with Crippen molar-refractivity contribution in [2.75, 3.05) is 33.8 Å². The molecule has 0 saturated heterocycles. The molecule has 0 aliphatic heterocycles. The number of nitrogens with one attached hydrogen (secondary N) is 1. The zero-order chi connectivity index (χ0) is 18.2. The van der Waals surface area contributed by atoms with Crippen molar-refractivity contribution in [3.05, 3.63) is 45.7 Å². The predicted molar refractivity (Wildman–Crippen MR) is 117 cm³/mol. The number of halogens is 2. The number of aryl methyl sites for hydroxylation is 2. The van der Waals surface area contributed by atoms with E-state index in [9.17, 15) is 4.39 Å². The highest BCUT2D eigenvalue weighted by Crippen LogP contribution is 2.17. The molecule has 0 aliphatic carbocycles. The quantitative estimate of drug-likeness (QED) is 0.364. The second kappa shape index (κ2) is 11.3. The first kappa shape index (κ1) is 22.6. The van der Waals surface area contributed by atoms with Gasteiger partial charge in [0.05, 0.1) is 17.2 Å². The van der Waals surface area contributed by atoms with Gasteiger partial charge in [-0.2, -0.15) is 0 Å². The van der Waals surface area contributed by atoms with Crippen molar-refractivity contribution in [2.45, 2.75) is 20.3 Å². The molecule has 0 radical (unpaired) electrons. The number of rotatable bonds is 7. The maximum absolute atomic E-state index is 13.5. The first-order valence-electron chi connectivity index (χ1n) is 8.23. The van der Waals surface area contributed by atoms with Gasteiger partial charge in [0.2, 0.25) is 0 Å². The summed E-state index contributed by atoms with van der Waals surface area (Å²) in [7, 11) is 3.68. The molecule has 0 spiro atoms. The third kappa shape index (κ3) is 6.71. The van der Waals surface area contributed by atoms with E-state index in [0.717, 1.165) is 29.6 Å². The number of aliphatic imine (C=N–C) groups is 1. The Morgan fingerprint density at radius 2 is 2.08 bits per heavy atom. The van der Waals surface area contributed by atoms with Crippen LogP contribution in [0.2, 0.25) is 0 Å². The minimum atomic E-state index is -0.345. The SMILES string of the molecule is CN=C(NCCc1sc(C)nc1C)N(C)CCOc1ccccc1F.I. The second-order valence-electron chi connectivity index (χ2n) is 5.67. The summed E-state index contributed by atoms with van der Waals surface area (Å²) in [4.78, 5) is 12.0. The van der Waals surface area contributed by atoms with Crippen molar-refractivity contribution < 1.29 is 9.13 Å². The van der Waals surface area contributed by atoms with Gasteiger partial charge in [-0.3, -0.25) is 4.99 Å². The average Bonchev–Trinajstić information content (AvgIpc) is 2.90. The lowest BCUT2D eigenvalue weighted by molar-refractivity contribution is 0.270. The average molecular weight is 492 g/mol. The van der Waals surface area contributed by atoms with Gasteiger partial charge in [0.25, 0.3) is 0 Å². The molecule has 0 fully saturated rings. The van der Waals surface area contributed by atoms with Crippen LogP contribution in [0.15, 0.2) is 29.3 Å². The molecule has 0 atom stereocenters. The lowest BCUT2D eigenvalue weighted by Crippen LogP contribution is -2.41. The van der Waals surface area contributed by atoms with E-state index in [4.69, 9.17) is 4.74 Å². The number of para-hydroxylation sites is 1. The topological polar surface area (TPSA) is 49.8 Å². The molecule has 1 N–H and O–H groups in total. The molecule has 1 heterocycles. The highest BCUT2D eigenvalue weighted by Gasteiger charge is 2.09. The molecule has 1 aromatic carbocycles. The molecule has 0 aliphatic rings. The zero-order valence-electron chi connectivity index (χ0n) is 15.6. The highest BCUT2D eigenvalue weighted by atomic mass is 127. The van der Waals surface area contributed by atoms with Crippen LogP contribution in [-0.4, -0.2) is 49.6 Å². The number of hydrogen-bond donors (Lipinski definition) is 1. The van der Waals surface area contributed by atoms with E-state index >= 15 is 0 Å². The van der Waals surface area contributed by atoms with E-state index in [1.54, 1.807) is 36.6 Å². The minimum absolute atomic E-state index is 0. The van der Waals surface area contributed by atoms with Gasteiger partial charge in [0, 0.05) is 31.9 Å². The Bertz CT molecular complexity index is 723. The first-order chi connectivity index (χ1) is 12.0. The summed E-state index contributed by atoms with van der Waals surface area (Å²) in [5.74, 6) is 0.716. The van der Waals surface area contributed by atoms with Crippen LogP contribution in [0, 0.1) is 19.7 Å². The minimum Gasteiger partial charge on any atom is -0.489 e. The number of hydrogen-bond acceptors (Lipinski definition) is 4. The largest absolute Gasteiger partial charge is 0.489 e. The van der Waals surface area contributed by atoms with Gasteiger partial charge in [-0.25, -0.2) is 9.37 Å². The summed E-state index contributed by atoms with van der Waals surface area (Å²) in [6.07, 6.45) is 0.913. The number of ether oxygens (including phenoxy) is 1. The molecule has 8 heteroatoms. The number of nitrogens with zero attached hydrogens (tertiary/aromatic N) is 3. The van der Waals surface area contributed by atoms with Gasteiger partial charge in [0.1, 0.15) is 6.61 Å². The molecular weight excluding hydrogens is 466 g/mol. The van der Waals surface area contributed by atoms with Crippen LogP contribution in [0.3, 0.4) is 0 Å². The number of thiazole rings is 1. The van der Waals surface area contributed by atoms with Crippen LogP contribution >= 0.6 is 35.3 Å². The molecule has 1 aromatic heterocycles. The molecule has 0 amide bonds. The monoisotopic (exact) mass is 492 g/mol. The van der Waals surface area contributed by atoms with Crippen LogP contribution < -0.4 is 10.1 Å². The van der Waals surface area contributed by atoms with E-state index < -0.39 is 0 Å². The fourth-order valence-corrected chi connectivity index (χ4v) is 3.37. The summed E-state index contributed by atoms with van der Waals surface area (Å²) in [5.41, 5.74) is 1.10. The number of guanidine groups is 1. The second-order valence-corrected chi connectivity index (χ2v) is 6.95. The first-order valence-corrected chi connectivity index (χ1v) is 9.05. The summed E-state index contributed by atoms with van der Waals surface area (Å²) >= 11 is 1.73. The third-order valence-electron chi connectivity index (χ3n) is 3.73. The Labute approximate surface area is 175 Å². The zero-order valence-corrected chi connectivity index (χ0v) is 18.7. The van der Waals surface area contributed by atoms with Gasteiger partial charge >= 0.3 is 0 Å². The Balaban J connectivity index is 0.00000338. The van der Waals surface area contributed by atoms with Gasteiger partial charge < -0.3 is 15.0 Å². The number of aromatic nitrogens is 1. The smallest absolute Gasteiger partial charge is 0.193 e. The third-order valence-corrected chi connectivity index (χ3v) is 4.86. The van der Waals surface area contributed by atoms with Gasteiger partial charge in [-0.05, 0) is 26.0 Å². The molecule has 0 saturated carbocycles. The molecule has 2 aromatic rings. The van der Waals surface area contributed by atoms with Crippen molar-refractivity contribution in [2.24, 2.45) is 4.99 Å². The Morgan fingerprint density at radius 1 is 1.35 bits per heavy atom. The van der Waals surface area contributed by atoms with Crippen LogP contribution in [0.25, 0.3) is 0 Å². The van der Waals surface area contributed by atoms with Crippen LogP contribution in [0.1, 0.15) is 15.6 Å². The maximum atomic E-state index is 13.5. The number of likely N-dealkylation sites (N-methyl/N-ethyl adjacent to an activating group) is 1. The van der Waals surface area contributed by atoms with Crippen LogP contribution in [-0.2, 0) is 6.42 Å². The van der Waals surface area contributed by atoms with Crippen molar-refractivity contribution in [1.29, 1.82) is 0 Å². The van der Waals surface area contributed by atoms with E-state index in [0.29, 0.717) is 13.2 Å². The lowest BCUT2D eigenvalue weighted by Gasteiger charge is -2.22. The molecule has 0 unspecified atom stereocenters. The summed E-state index contributed by atoms with van der Waals surface area (Å²) in [6.45, 7) is 5.84. The summed E-state index contributed by atoms with van der Waals surface area (Å²) in [6, 6.07) is 6.42. The maximum Gasteiger partial charge on any atom is 0.193 e. The van der Waals surface area contributed by atoms with E-state index in [1.807, 2.05) is 25.8 Å². The van der Waals surface area contributed by atoms with Crippen LogP contribution in [0.5, 0.6) is 5.75 Å². The molecule has 0 bridgehead atoms. The normalized spacial score (nSPS) is 11.0. The Morgan fingerprint density at radius 3 is 2.69 bits per heavy atom. The highest BCUT2D eigenvalue weighted by molar-refractivity contribution is 14.0.